The summed E-state index contributed by atoms with van der Waals surface area (Å²) in [5.74, 6) is 0.758. The van der Waals surface area contributed by atoms with Crippen LogP contribution in [0.5, 0.6) is 0 Å². The zero-order valence-corrected chi connectivity index (χ0v) is 18.4. The first-order valence-corrected chi connectivity index (χ1v) is 10.8. The van der Waals surface area contributed by atoms with Crippen LogP contribution in [0.3, 0.4) is 0 Å². The van der Waals surface area contributed by atoms with Gasteiger partial charge in [-0.25, -0.2) is 14.6 Å². The quantitative estimate of drug-likeness (QED) is 0.424. The molecule has 8 heteroatoms. The molecule has 1 atom stereocenters. The largest absolute Gasteiger partial charge is 0.310 e. The smallest absolute Gasteiger partial charge is 0.233 e. The number of hydrogen-bond acceptors (Lipinski definition) is 5. The van der Waals surface area contributed by atoms with Gasteiger partial charge in [-0.3, -0.25) is 4.79 Å². The predicted octanol–water partition coefficient (Wildman–Crippen LogP) is 4.44. The van der Waals surface area contributed by atoms with Gasteiger partial charge in [-0.1, -0.05) is 55.5 Å². The van der Waals surface area contributed by atoms with Crippen LogP contribution in [-0.4, -0.2) is 35.4 Å². The summed E-state index contributed by atoms with van der Waals surface area (Å²) in [6.45, 7) is 3.89. The molecule has 3 aromatic heterocycles. The van der Waals surface area contributed by atoms with Crippen LogP contribution < -0.4 is 5.32 Å². The van der Waals surface area contributed by atoms with E-state index in [2.05, 4.69) is 25.5 Å². The Morgan fingerprint density at radius 3 is 2.45 bits per heavy atom. The number of anilines is 1. The van der Waals surface area contributed by atoms with E-state index in [4.69, 9.17) is 0 Å². The van der Waals surface area contributed by atoms with E-state index in [1.807, 2.05) is 80.6 Å². The van der Waals surface area contributed by atoms with Gasteiger partial charge in [0.25, 0.3) is 0 Å². The fourth-order valence-corrected chi connectivity index (χ4v) is 3.98. The van der Waals surface area contributed by atoms with Gasteiger partial charge < -0.3 is 5.32 Å². The van der Waals surface area contributed by atoms with Crippen molar-refractivity contribution in [2.75, 3.05) is 5.32 Å². The molecule has 0 aliphatic carbocycles. The molecule has 0 spiro atoms. The maximum absolute atomic E-state index is 13.2. The van der Waals surface area contributed by atoms with Crippen molar-refractivity contribution >= 4 is 22.8 Å². The van der Waals surface area contributed by atoms with Crippen LogP contribution in [0, 0.1) is 6.92 Å². The van der Waals surface area contributed by atoms with Crippen molar-refractivity contribution in [3.8, 4) is 11.5 Å². The van der Waals surface area contributed by atoms with E-state index < -0.39 is 0 Å². The maximum Gasteiger partial charge on any atom is 0.233 e. The molecule has 2 aromatic carbocycles. The number of nitrogens with zero attached hydrogens (tertiary/aromatic N) is 6. The van der Waals surface area contributed by atoms with Gasteiger partial charge in [-0.05, 0) is 31.0 Å². The van der Waals surface area contributed by atoms with E-state index in [0.29, 0.717) is 23.7 Å². The molecular formula is C25H23N7O. The SMILES string of the molecule is CCC(C(=O)Nc1cc(C)nn1-c1ncnc2c1cnn2-c1ccccc1)c1ccccc1. The number of aryl methyl sites for hydroxylation is 1. The second kappa shape index (κ2) is 8.66. The first kappa shape index (κ1) is 20.6. The van der Waals surface area contributed by atoms with E-state index in [-0.39, 0.29) is 11.8 Å². The molecular weight excluding hydrogens is 414 g/mol. The van der Waals surface area contributed by atoms with Gasteiger partial charge in [-0.15, -0.1) is 0 Å². The van der Waals surface area contributed by atoms with Crippen molar-refractivity contribution in [2.45, 2.75) is 26.2 Å². The molecule has 0 radical (unpaired) electrons. The molecule has 5 rings (SSSR count). The van der Waals surface area contributed by atoms with Gasteiger partial charge >= 0.3 is 0 Å². The number of nitrogens with one attached hydrogen (secondary N) is 1. The molecule has 1 N–H and O–H groups in total. The van der Waals surface area contributed by atoms with Crippen molar-refractivity contribution in [2.24, 2.45) is 0 Å². The first-order chi connectivity index (χ1) is 16.2. The Bertz CT molecular complexity index is 1410. The number of para-hydroxylation sites is 1. The van der Waals surface area contributed by atoms with Crippen LogP contribution in [0.25, 0.3) is 22.5 Å². The maximum atomic E-state index is 13.2. The minimum Gasteiger partial charge on any atom is -0.310 e. The summed E-state index contributed by atoms with van der Waals surface area (Å²) in [4.78, 5) is 22.1. The normalized spacial score (nSPS) is 12.1. The second-order valence-corrected chi connectivity index (χ2v) is 7.77. The third-order valence-electron chi connectivity index (χ3n) is 5.56. The fraction of sp³-hybridized carbons (Fsp3) is 0.160. The summed E-state index contributed by atoms with van der Waals surface area (Å²) < 4.78 is 3.41. The van der Waals surface area contributed by atoms with Crippen LogP contribution in [0.15, 0.2) is 79.3 Å². The summed E-state index contributed by atoms with van der Waals surface area (Å²) in [6.07, 6.45) is 3.89. The summed E-state index contributed by atoms with van der Waals surface area (Å²) >= 11 is 0. The van der Waals surface area contributed by atoms with Crippen LogP contribution >= 0.6 is 0 Å². The van der Waals surface area contributed by atoms with Gasteiger partial charge in [0.1, 0.15) is 12.1 Å². The van der Waals surface area contributed by atoms with Crippen molar-refractivity contribution in [1.29, 1.82) is 0 Å². The third-order valence-corrected chi connectivity index (χ3v) is 5.56. The highest BCUT2D eigenvalue weighted by atomic mass is 16.2. The molecule has 33 heavy (non-hydrogen) atoms. The lowest BCUT2D eigenvalue weighted by molar-refractivity contribution is -0.117. The Labute approximate surface area is 190 Å². The highest BCUT2D eigenvalue weighted by Crippen LogP contribution is 2.26. The lowest BCUT2D eigenvalue weighted by atomic mass is 9.96. The monoisotopic (exact) mass is 437 g/mol. The van der Waals surface area contributed by atoms with Gasteiger partial charge in [0.2, 0.25) is 5.91 Å². The average Bonchev–Trinajstić information content (AvgIpc) is 3.44. The highest BCUT2D eigenvalue weighted by molar-refractivity contribution is 5.96. The number of carbonyl (C=O) groups is 1. The summed E-state index contributed by atoms with van der Waals surface area (Å²) in [6, 6.07) is 21.4. The van der Waals surface area contributed by atoms with E-state index in [1.54, 1.807) is 15.6 Å². The zero-order valence-electron chi connectivity index (χ0n) is 18.4. The Balaban J connectivity index is 1.53. The van der Waals surface area contributed by atoms with Crippen LogP contribution in [-0.2, 0) is 4.79 Å². The average molecular weight is 438 g/mol. The predicted molar refractivity (Wildman–Crippen MR) is 127 cm³/mol. The number of rotatable bonds is 6. The molecule has 8 nitrogen and oxygen atoms in total. The van der Waals surface area contributed by atoms with Crippen molar-refractivity contribution in [3.63, 3.8) is 0 Å². The molecule has 3 heterocycles. The van der Waals surface area contributed by atoms with Gasteiger partial charge in [0, 0.05) is 6.07 Å². The third kappa shape index (κ3) is 3.87. The topological polar surface area (TPSA) is 90.5 Å². The van der Waals surface area contributed by atoms with E-state index in [1.165, 1.54) is 6.33 Å². The molecule has 0 saturated heterocycles. The first-order valence-electron chi connectivity index (χ1n) is 10.8. The number of hydrogen-bond donors (Lipinski definition) is 1. The van der Waals surface area contributed by atoms with Crippen molar-refractivity contribution < 1.29 is 4.79 Å². The van der Waals surface area contributed by atoms with Crippen LogP contribution in [0.4, 0.5) is 5.82 Å². The number of fused-ring (bicyclic) bond motifs is 1. The molecule has 1 unspecified atom stereocenters. The Kier molecular flexibility index (Phi) is 5.40. The summed E-state index contributed by atoms with van der Waals surface area (Å²) in [7, 11) is 0. The highest BCUT2D eigenvalue weighted by Gasteiger charge is 2.22. The zero-order chi connectivity index (χ0) is 22.8. The summed E-state index contributed by atoms with van der Waals surface area (Å²) in [5.41, 5.74) is 3.30. The minimum atomic E-state index is -0.263. The van der Waals surface area contributed by atoms with Crippen molar-refractivity contribution in [1.82, 2.24) is 29.5 Å². The molecule has 0 fully saturated rings. The van der Waals surface area contributed by atoms with E-state index in [0.717, 1.165) is 22.3 Å². The molecule has 164 valence electrons. The summed E-state index contributed by atoms with van der Waals surface area (Å²) in [5, 5.41) is 12.9. The number of carbonyl (C=O) groups excluding carboxylic acids is 1. The minimum absolute atomic E-state index is 0.0878. The second-order valence-electron chi connectivity index (χ2n) is 7.77. The lowest BCUT2D eigenvalue weighted by Crippen LogP contribution is -2.22. The molecule has 0 aliphatic rings. The molecule has 0 aliphatic heterocycles. The van der Waals surface area contributed by atoms with Gasteiger partial charge in [0.05, 0.1) is 28.9 Å². The van der Waals surface area contributed by atoms with E-state index >= 15 is 0 Å². The standard InChI is InChI=1S/C25H23N7O/c1-3-20(18-10-6-4-7-11-18)25(33)29-22-14-17(2)30-32(22)24-21-15-28-31(23(21)26-16-27-24)19-12-8-5-9-13-19/h4-16,20H,3H2,1-2H3,(H,29,33). The number of benzene rings is 2. The van der Waals surface area contributed by atoms with Crippen LogP contribution in [0.1, 0.15) is 30.5 Å². The molecule has 5 aromatic rings. The Morgan fingerprint density at radius 1 is 1.00 bits per heavy atom. The number of amides is 1. The molecule has 1 amide bonds. The van der Waals surface area contributed by atoms with Gasteiger partial charge in [0.15, 0.2) is 11.5 Å². The Hall–Kier alpha value is -4.33. The molecule has 0 bridgehead atoms. The van der Waals surface area contributed by atoms with Crippen LogP contribution in [0.2, 0.25) is 0 Å². The Morgan fingerprint density at radius 2 is 1.73 bits per heavy atom. The fourth-order valence-electron chi connectivity index (χ4n) is 3.98. The van der Waals surface area contributed by atoms with Crippen molar-refractivity contribution in [3.05, 3.63) is 90.5 Å². The molecule has 0 saturated carbocycles. The van der Waals surface area contributed by atoms with E-state index in [9.17, 15) is 4.79 Å². The lowest BCUT2D eigenvalue weighted by Gasteiger charge is -2.16. The van der Waals surface area contributed by atoms with Gasteiger partial charge in [-0.2, -0.15) is 14.9 Å². The number of aromatic nitrogens is 6.